The molecule has 3 aromatic rings. The molecule has 2 amide bonds. The molecule has 0 aliphatic carbocycles. The zero-order chi connectivity index (χ0) is 22.8. The van der Waals surface area contributed by atoms with E-state index in [9.17, 15) is 19.7 Å². The highest BCUT2D eigenvalue weighted by Crippen LogP contribution is 2.37. The highest BCUT2D eigenvalue weighted by Gasteiger charge is 2.42. The number of halogens is 1. The molecule has 0 fully saturated rings. The summed E-state index contributed by atoms with van der Waals surface area (Å²) in [6.07, 6.45) is 0. The van der Waals surface area contributed by atoms with Crippen molar-refractivity contribution in [2.45, 2.75) is 6.92 Å². The number of para-hydroxylation sites is 1. The van der Waals surface area contributed by atoms with Gasteiger partial charge in [0.15, 0.2) is 0 Å². The number of hydrogen-bond donors (Lipinski definition) is 0. The molecule has 1 heterocycles. The molecule has 0 spiro atoms. The van der Waals surface area contributed by atoms with Crippen molar-refractivity contribution in [2.24, 2.45) is 0 Å². The average Bonchev–Trinajstić information content (AvgIpc) is 3.05. The van der Waals surface area contributed by atoms with Crippen molar-refractivity contribution in [3.63, 3.8) is 0 Å². The molecule has 0 atom stereocenters. The summed E-state index contributed by atoms with van der Waals surface area (Å²) in [5.41, 5.74) is 1.80. The Labute approximate surface area is 189 Å². The largest absolute Gasteiger partial charge is 0.337 e. The number of amides is 2. The normalized spacial score (nSPS) is 13.6. The molecule has 0 saturated heterocycles. The van der Waals surface area contributed by atoms with Gasteiger partial charge < -0.3 is 4.90 Å². The van der Waals surface area contributed by atoms with Crippen molar-refractivity contribution in [2.75, 3.05) is 16.3 Å². The first kappa shape index (κ1) is 21.3. The molecule has 0 saturated carbocycles. The van der Waals surface area contributed by atoms with Gasteiger partial charge in [0.05, 0.1) is 16.2 Å². The number of rotatable bonds is 6. The van der Waals surface area contributed by atoms with Gasteiger partial charge in [0.2, 0.25) is 0 Å². The van der Waals surface area contributed by atoms with E-state index in [-0.39, 0.29) is 17.0 Å². The number of nitrogens with zero attached hydrogens (tertiary/aromatic N) is 3. The fraction of sp³-hybridized carbons (Fsp3) is 0.0833. The first-order valence-corrected chi connectivity index (χ1v) is 10.3. The molecular weight excluding hydrogens is 430 g/mol. The summed E-state index contributed by atoms with van der Waals surface area (Å²) >= 11 is 6.10. The first-order valence-electron chi connectivity index (χ1n) is 9.88. The molecule has 7 nitrogen and oxygen atoms in total. The molecule has 0 N–H and O–H groups in total. The van der Waals surface area contributed by atoms with Crippen LogP contribution in [0.25, 0.3) is 5.57 Å². The van der Waals surface area contributed by atoms with E-state index in [1.165, 1.54) is 24.3 Å². The van der Waals surface area contributed by atoms with E-state index in [4.69, 9.17) is 11.6 Å². The summed E-state index contributed by atoms with van der Waals surface area (Å²) in [5.74, 6) is -1.01. The van der Waals surface area contributed by atoms with Gasteiger partial charge in [-0.2, -0.15) is 0 Å². The van der Waals surface area contributed by atoms with Gasteiger partial charge in [-0.1, -0.05) is 35.9 Å². The fourth-order valence-corrected chi connectivity index (χ4v) is 3.89. The first-order chi connectivity index (χ1) is 15.4. The Kier molecular flexibility index (Phi) is 5.75. The molecule has 32 heavy (non-hydrogen) atoms. The van der Waals surface area contributed by atoms with E-state index >= 15 is 0 Å². The zero-order valence-electron chi connectivity index (χ0n) is 17.1. The SMILES string of the molecule is CCN(C1=C(c2ccc([N+](=O)[O-])cc2)C(=O)N(c2cccc(Cl)c2)C1=O)c1ccccc1. The fourth-order valence-electron chi connectivity index (χ4n) is 3.71. The number of benzene rings is 3. The lowest BCUT2D eigenvalue weighted by Crippen LogP contribution is -2.35. The molecule has 0 radical (unpaired) electrons. The lowest BCUT2D eigenvalue weighted by atomic mass is 10.0. The Morgan fingerprint density at radius 1 is 0.938 bits per heavy atom. The number of carbonyl (C=O) groups excluding carboxylic acids is 2. The molecule has 0 aromatic heterocycles. The number of imide groups is 1. The Morgan fingerprint density at radius 3 is 2.22 bits per heavy atom. The number of non-ortho nitro benzene ring substituents is 1. The maximum atomic E-state index is 13.6. The topological polar surface area (TPSA) is 83.8 Å². The van der Waals surface area contributed by atoms with Crippen LogP contribution in [0.4, 0.5) is 17.1 Å². The number of nitro groups is 1. The summed E-state index contributed by atoms with van der Waals surface area (Å²) in [5, 5.41) is 11.5. The van der Waals surface area contributed by atoms with E-state index in [0.717, 1.165) is 10.6 Å². The lowest BCUT2D eigenvalue weighted by Gasteiger charge is -2.25. The quantitative estimate of drug-likeness (QED) is 0.299. The molecule has 160 valence electrons. The number of likely N-dealkylation sites (N-methyl/N-ethyl adjacent to an activating group) is 1. The predicted octanol–water partition coefficient (Wildman–Crippen LogP) is 5.06. The van der Waals surface area contributed by atoms with Crippen LogP contribution in [0.1, 0.15) is 12.5 Å². The Bertz CT molecular complexity index is 1240. The molecule has 1 aliphatic heterocycles. The van der Waals surface area contributed by atoms with E-state index < -0.39 is 16.7 Å². The summed E-state index contributed by atoms with van der Waals surface area (Å²) in [6, 6.07) is 21.4. The van der Waals surface area contributed by atoms with E-state index in [1.807, 2.05) is 37.3 Å². The van der Waals surface area contributed by atoms with Crippen LogP contribution in [0.15, 0.2) is 84.6 Å². The smallest absolute Gasteiger partial charge is 0.282 e. The Hall–Kier alpha value is -3.97. The van der Waals surface area contributed by atoms with E-state index in [2.05, 4.69) is 0 Å². The van der Waals surface area contributed by atoms with Gasteiger partial charge in [-0.3, -0.25) is 19.7 Å². The van der Waals surface area contributed by atoms with Crippen molar-refractivity contribution in [1.82, 2.24) is 0 Å². The van der Waals surface area contributed by atoms with Crippen molar-refractivity contribution >= 4 is 46.1 Å². The zero-order valence-corrected chi connectivity index (χ0v) is 17.8. The molecule has 0 bridgehead atoms. The van der Waals surface area contributed by atoms with Gasteiger partial charge in [-0.05, 0) is 55.0 Å². The van der Waals surface area contributed by atoms with Crippen LogP contribution >= 0.6 is 11.6 Å². The van der Waals surface area contributed by atoms with Crippen LogP contribution in [0.2, 0.25) is 5.02 Å². The monoisotopic (exact) mass is 447 g/mol. The average molecular weight is 448 g/mol. The van der Waals surface area contributed by atoms with Gasteiger partial charge >= 0.3 is 0 Å². The molecule has 0 unspecified atom stereocenters. The van der Waals surface area contributed by atoms with Crippen LogP contribution in [0.5, 0.6) is 0 Å². The third-order valence-electron chi connectivity index (χ3n) is 5.15. The Morgan fingerprint density at radius 2 is 1.62 bits per heavy atom. The van der Waals surface area contributed by atoms with Crippen LogP contribution in [0, 0.1) is 10.1 Å². The molecule has 8 heteroatoms. The summed E-state index contributed by atoms with van der Waals surface area (Å²) in [7, 11) is 0. The lowest BCUT2D eigenvalue weighted by molar-refractivity contribution is -0.384. The third kappa shape index (κ3) is 3.74. The minimum atomic E-state index is -0.518. The number of hydrogen-bond acceptors (Lipinski definition) is 5. The van der Waals surface area contributed by atoms with Gasteiger partial charge in [0.1, 0.15) is 5.70 Å². The van der Waals surface area contributed by atoms with Crippen LogP contribution in [-0.2, 0) is 9.59 Å². The summed E-state index contributed by atoms with van der Waals surface area (Å²) in [4.78, 5) is 40.6. The van der Waals surface area contributed by atoms with E-state index in [1.54, 1.807) is 29.2 Å². The van der Waals surface area contributed by atoms with Crippen LogP contribution in [0.3, 0.4) is 0 Å². The van der Waals surface area contributed by atoms with Gasteiger partial charge in [0, 0.05) is 29.4 Å². The molecule has 1 aliphatic rings. The molecule has 3 aromatic carbocycles. The van der Waals surface area contributed by atoms with Gasteiger partial charge in [-0.15, -0.1) is 0 Å². The molecule has 4 rings (SSSR count). The maximum Gasteiger partial charge on any atom is 0.282 e. The highest BCUT2D eigenvalue weighted by atomic mass is 35.5. The minimum Gasteiger partial charge on any atom is -0.337 e. The van der Waals surface area contributed by atoms with Crippen LogP contribution in [-0.4, -0.2) is 23.3 Å². The number of nitro benzene ring substituents is 1. The van der Waals surface area contributed by atoms with E-state index in [0.29, 0.717) is 22.8 Å². The summed E-state index contributed by atoms with van der Waals surface area (Å²) in [6.45, 7) is 2.31. The second-order valence-electron chi connectivity index (χ2n) is 7.03. The second kappa shape index (κ2) is 8.64. The highest BCUT2D eigenvalue weighted by molar-refractivity contribution is 6.46. The number of anilines is 2. The van der Waals surface area contributed by atoms with Gasteiger partial charge in [0.25, 0.3) is 17.5 Å². The van der Waals surface area contributed by atoms with Crippen molar-refractivity contribution in [3.05, 3.63) is 105 Å². The van der Waals surface area contributed by atoms with Crippen molar-refractivity contribution < 1.29 is 14.5 Å². The van der Waals surface area contributed by atoms with Crippen molar-refractivity contribution in [1.29, 1.82) is 0 Å². The Balaban J connectivity index is 1.90. The second-order valence-corrected chi connectivity index (χ2v) is 7.47. The molecular formula is C24H18ClN3O4. The van der Waals surface area contributed by atoms with Crippen molar-refractivity contribution in [3.8, 4) is 0 Å². The van der Waals surface area contributed by atoms with Crippen LogP contribution < -0.4 is 9.80 Å². The standard InChI is InChI=1S/C24H18ClN3O4/c1-2-26(18-8-4-3-5-9-18)22-21(16-11-13-19(14-12-16)28(31)32)23(29)27(24(22)30)20-10-6-7-17(25)15-20/h3-15H,2H2,1H3. The summed E-state index contributed by atoms with van der Waals surface area (Å²) < 4.78 is 0. The van der Waals surface area contributed by atoms with Gasteiger partial charge in [-0.25, -0.2) is 4.90 Å². The maximum absolute atomic E-state index is 13.6. The minimum absolute atomic E-state index is 0.102. The predicted molar refractivity (Wildman–Crippen MR) is 123 cm³/mol. The number of carbonyl (C=O) groups is 2. The third-order valence-corrected chi connectivity index (χ3v) is 5.38.